The van der Waals surface area contributed by atoms with E-state index in [0.29, 0.717) is 6.42 Å². The molecule has 76 valence electrons. The van der Waals surface area contributed by atoms with Gasteiger partial charge in [0.1, 0.15) is 6.17 Å². The fourth-order valence-electron chi connectivity index (χ4n) is 1.57. The van der Waals surface area contributed by atoms with Gasteiger partial charge in [0.15, 0.2) is 0 Å². The molecule has 1 aliphatic heterocycles. The number of halogens is 1. The Morgan fingerprint density at radius 2 is 2.46 bits per heavy atom. The largest absolute Gasteiger partial charge is 0.395 e. The van der Waals surface area contributed by atoms with Crippen LogP contribution in [0.4, 0.5) is 4.39 Å². The zero-order valence-electron chi connectivity index (χ0n) is 7.66. The molecule has 0 aliphatic carbocycles. The van der Waals surface area contributed by atoms with Crippen LogP contribution in [-0.4, -0.2) is 54.9 Å². The monoisotopic (exact) mass is 190 g/mol. The number of aliphatic hydroxyl groups excluding tert-OH is 1. The first-order chi connectivity index (χ1) is 6.17. The average molecular weight is 190 g/mol. The summed E-state index contributed by atoms with van der Waals surface area (Å²) in [6.07, 6.45) is -0.588. The molecule has 13 heavy (non-hydrogen) atoms. The highest BCUT2D eigenvalue weighted by atomic mass is 19.1. The normalized spacial score (nSPS) is 29.2. The van der Waals surface area contributed by atoms with Crippen molar-refractivity contribution in [3.63, 3.8) is 0 Å². The third kappa shape index (κ3) is 2.63. The van der Waals surface area contributed by atoms with Crippen molar-refractivity contribution in [1.29, 1.82) is 0 Å². The van der Waals surface area contributed by atoms with E-state index in [0.717, 1.165) is 0 Å². The minimum Gasteiger partial charge on any atom is -0.395 e. The number of carbonyl (C=O) groups excluding carboxylic acids is 1. The van der Waals surface area contributed by atoms with Gasteiger partial charge in [-0.2, -0.15) is 0 Å². The van der Waals surface area contributed by atoms with E-state index in [1.165, 1.54) is 0 Å². The Labute approximate surface area is 76.7 Å². The highest BCUT2D eigenvalue weighted by Gasteiger charge is 2.32. The van der Waals surface area contributed by atoms with E-state index < -0.39 is 6.17 Å². The maximum Gasteiger partial charge on any atom is 0.233 e. The maximum atomic E-state index is 12.9. The van der Waals surface area contributed by atoms with Crippen molar-refractivity contribution in [2.24, 2.45) is 0 Å². The molecule has 5 heteroatoms. The van der Waals surface area contributed by atoms with Gasteiger partial charge in [-0.15, -0.1) is 0 Å². The number of amides is 1. The van der Waals surface area contributed by atoms with E-state index >= 15 is 0 Å². The Morgan fingerprint density at radius 1 is 1.77 bits per heavy atom. The summed E-state index contributed by atoms with van der Waals surface area (Å²) in [4.78, 5) is 12.6. The van der Waals surface area contributed by atoms with Crippen LogP contribution in [0.15, 0.2) is 0 Å². The van der Waals surface area contributed by atoms with Gasteiger partial charge in [0, 0.05) is 19.6 Å². The second-order valence-corrected chi connectivity index (χ2v) is 3.27. The lowest BCUT2D eigenvalue weighted by Gasteiger charge is -2.20. The first-order valence-corrected chi connectivity index (χ1v) is 4.37. The summed E-state index contributed by atoms with van der Waals surface area (Å²) in [6, 6.07) is -0.202. The van der Waals surface area contributed by atoms with Gasteiger partial charge < -0.3 is 10.4 Å². The van der Waals surface area contributed by atoms with E-state index in [4.69, 9.17) is 5.11 Å². The molecule has 0 radical (unpaired) electrons. The fraction of sp³-hybridized carbons (Fsp3) is 0.875. The lowest BCUT2D eigenvalue weighted by Crippen LogP contribution is -2.40. The number of likely N-dealkylation sites (N-methyl/N-ethyl adjacent to an activating group) is 1. The molecule has 0 unspecified atom stereocenters. The number of aliphatic hydroxyl groups is 1. The number of likely N-dealkylation sites (tertiary alicyclic amines) is 1. The lowest BCUT2D eigenvalue weighted by atomic mass is 10.2. The number of carbonyl (C=O) groups is 1. The van der Waals surface area contributed by atoms with Crippen molar-refractivity contribution < 1.29 is 14.3 Å². The van der Waals surface area contributed by atoms with Crippen molar-refractivity contribution in [1.82, 2.24) is 10.2 Å². The molecule has 0 aromatic carbocycles. The van der Waals surface area contributed by atoms with E-state index in [1.807, 2.05) is 0 Å². The van der Waals surface area contributed by atoms with Crippen LogP contribution < -0.4 is 5.32 Å². The molecule has 4 nitrogen and oxygen atoms in total. The highest BCUT2D eigenvalue weighted by molar-refractivity contribution is 5.77. The Bertz CT molecular complexity index is 189. The van der Waals surface area contributed by atoms with E-state index in [-0.39, 0.29) is 31.6 Å². The molecular formula is C8H15FN2O2. The van der Waals surface area contributed by atoms with Crippen LogP contribution in [0.25, 0.3) is 0 Å². The Kier molecular flexibility index (Phi) is 3.62. The second-order valence-electron chi connectivity index (χ2n) is 3.27. The van der Waals surface area contributed by atoms with Gasteiger partial charge in [0.05, 0.1) is 13.2 Å². The van der Waals surface area contributed by atoms with E-state index in [9.17, 15) is 9.18 Å². The number of nitrogens with one attached hydrogen (secondary N) is 1. The Balaban J connectivity index is 2.43. The van der Waals surface area contributed by atoms with Crippen molar-refractivity contribution in [2.45, 2.75) is 18.6 Å². The molecule has 0 spiro atoms. The molecule has 0 bridgehead atoms. The summed E-state index contributed by atoms with van der Waals surface area (Å²) in [7, 11) is 1.54. The molecule has 1 aliphatic rings. The second kappa shape index (κ2) is 4.53. The molecule has 0 aromatic rings. The quantitative estimate of drug-likeness (QED) is 0.608. The van der Waals surface area contributed by atoms with Crippen LogP contribution in [0.5, 0.6) is 0 Å². The summed E-state index contributed by atoms with van der Waals surface area (Å²) in [5.74, 6) is -0.146. The van der Waals surface area contributed by atoms with Crippen LogP contribution >= 0.6 is 0 Å². The number of nitrogens with zero attached hydrogens (tertiary/aromatic N) is 1. The average Bonchev–Trinajstić information content (AvgIpc) is 2.46. The number of hydrogen-bond donors (Lipinski definition) is 2. The third-order valence-electron chi connectivity index (χ3n) is 2.31. The van der Waals surface area contributed by atoms with E-state index in [2.05, 4.69) is 5.32 Å². The maximum absolute atomic E-state index is 12.9. The predicted molar refractivity (Wildman–Crippen MR) is 46.0 cm³/mol. The van der Waals surface area contributed by atoms with Crippen molar-refractivity contribution >= 4 is 5.91 Å². The SMILES string of the molecule is CNC(=O)CN1C[C@@H](F)C[C@H]1CO. The van der Waals surface area contributed by atoms with Crippen molar-refractivity contribution in [2.75, 3.05) is 26.7 Å². The minimum absolute atomic E-state index is 0.0859. The minimum atomic E-state index is -0.915. The van der Waals surface area contributed by atoms with Gasteiger partial charge in [-0.3, -0.25) is 9.69 Å². The summed E-state index contributed by atoms with van der Waals surface area (Å²) in [6.45, 7) is 0.332. The van der Waals surface area contributed by atoms with Crippen LogP contribution in [0.1, 0.15) is 6.42 Å². The fourth-order valence-corrected chi connectivity index (χ4v) is 1.57. The summed E-state index contributed by atoms with van der Waals surface area (Å²) in [5.41, 5.74) is 0. The summed E-state index contributed by atoms with van der Waals surface area (Å²) >= 11 is 0. The molecular weight excluding hydrogens is 175 g/mol. The molecule has 1 amide bonds. The lowest BCUT2D eigenvalue weighted by molar-refractivity contribution is -0.122. The molecule has 0 saturated carbocycles. The number of alkyl halides is 1. The topological polar surface area (TPSA) is 52.6 Å². The van der Waals surface area contributed by atoms with Gasteiger partial charge in [-0.25, -0.2) is 4.39 Å². The summed E-state index contributed by atoms with van der Waals surface area (Å²) < 4.78 is 12.9. The third-order valence-corrected chi connectivity index (χ3v) is 2.31. The Morgan fingerprint density at radius 3 is 3.00 bits per heavy atom. The van der Waals surface area contributed by atoms with Gasteiger partial charge in [-0.05, 0) is 6.42 Å². The zero-order valence-corrected chi connectivity index (χ0v) is 7.66. The van der Waals surface area contributed by atoms with Crippen LogP contribution in [-0.2, 0) is 4.79 Å². The molecule has 2 N–H and O–H groups in total. The van der Waals surface area contributed by atoms with Gasteiger partial charge in [0.25, 0.3) is 0 Å². The molecule has 2 atom stereocenters. The number of hydrogen-bond acceptors (Lipinski definition) is 3. The Hall–Kier alpha value is -0.680. The van der Waals surface area contributed by atoms with Crippen LogP contribution in [0, 0.1) is 0 Å². The smallest absolute Gasteiger partial charge is 0.233 e. The predicted octanol–water partition coefficient (Wildman–Crippen LogP) is -0.863. The molecule has 1 rings (SSSR count). The van der Waals surface area contributed by atoms with Crippen molar-refractivity contribution in [3.05, 3.63) is 0 Å². The first-order valence-electron chi connectivity index (χ1n) is 4.37. The number of rotatable bonds is 3. The van der Waals surface area contributed by atoms with Crippen molar-refractivity contribution in [3.8, 4) is 0 Å². The van der Waals surface area contributed by atoms with Gasteiger partial charge in [0.2, 0.25) is 5.91 Å². The van der Waals surface area contributed by atoms with Crippen LogP contribution in [0.2, 0.25) is 0 Å². The first kappa shape index (κ1) is 10.4. The molecule has 0 aromatic heterocycles. The van der Waals surface area contributed by atoms with Crippen LogP contribution in [0.3, 0.4) is 0 Å². The summed E-state index contributed by atoms with van der Waals surface area (Å²) in [5, 5.41) is 11.4. The molecule has 1 saturated heterocycles. The zero-order chi connectivity index (χ0) is 9.84. The standard InChI is InChI=1S/C8H15FN2O2/c1-10-8(13)4-11-3-6(9)2-7(11)5-12/h6-7,12H,2-5H2,1H3,(H,10,13)/t6-,7-/m0/s1. The van der Waals surface area contributed by atoms with Gasteiger partial charge in [-0.1, -0.05) is 0 Å². The molecule has 1 heterocycles. The highest BCUT2D eigenvalue weighted by Crippen LogP contribution is 2.19. The molecule has 1 fully saturated rings. The van der Waals surface area contributed by atoms with E-state index in [1.54, 1.807) is 11.9 Å². The van der Waals surface area contributed by atoms with Gasteiger partial charge >= 0.3 is 0 Å².